The number of anilines is 1. The first-order chi connectivity index (χ1) is 11.1. The van der Waals surface area contributed by atoms with Crippen LogP contribution in [0.1, 0.15) is 6.92 Å². The van der Waals surface area contributed by atoms with Crippen LogP contribution in [0.5, 0.6) is 0 Å². The van der Waals surface area contributed by atoms with Crippen molar-refractivity contribution in [2.75, 3.05) is 37.7 Å². The molecule has 122 valence electrons. The minimum absolute atomic E-state index is 0.217. The fourth-order valence-electron chi connectivity index (χ4n) is 2.84. The van der Waals surface area contributed by atoms with Crippen LogP contribution in [-0.4, -0.2) is 66.5 Å². The quantitative estimate of drug-likeness (QED) is 0.770. The molecule has 1 atom stereocenters. The summed E-state index contributed by atoms with van der Waals surface area (Å²) in [6.07, 6.45) is 0. The molecule has 2 saturated heterocycles. The molecule has 0 N–H and O–H groups in total. The lowest BCUT2D eigenvalue weighted by molar-refractivity contribution is -0.139. The molecule has 2 heterocycles. The number of urea groups is 1. The molecule has 0 saturated carbocycles. The zero-order valence-electron chi connectivity index (χ0n) is 13.0. The van der Waals surface area contributed by atoms with Gasteiger partial charge in [-0.05, 0) is 19.1 Å². The molecule has 2 aliphatic rings. The fourth-order valence-corrected chi connectivity index (χ4v) is 2.84. The van der Waals surface area contributed by atoms with Crippen LogP contribution in [0, 0.1) is 0 Å². The minimum atomic E-state index is -0.609. The third kappa shape index (κ3) is 2.92. The first-order valence-corrected chi connectivity index (χ1v) is 7.64. The van der Waals surface area contributed by atoms with E-state index in [1.54, 1.807) is 36.1 Å². The Morgan fingerprint density at radius 1 is 1.17 bits per heavy atom. The first-order valence-electron chi connectivity index (χ1n) is 7.64. The van der Waals surface area contributed by atoms with E-state index >= 15 is 0 Å². The van der Waals surface area contributed by atoms with Crippen molar-refractivity contribution in [3.8, 4) is 0 Å². The third-order valence-corrected chi connectivity index (χ3v) is 4.14. The van der Waals surface area contributed by atoms with Gasteiger partial charge in [0, 0.05) is 18.8 Å². The smallest absolute Gasteiger partial charge is 0.332 e. The fraction of sp³-hybridized carbons (Fsp3) is 0.438. The van der Waals surface area contributed by atoms with Gasteiger partial charge in [0.15, 0.2) is 0 Å². The Morgan fingerprint density at radius 2 is 1.83 bits per heavy atom. The minimum Gasteiger partial charge on any atom is -0.378 e. The van der Waals surface area contributed by atoms with Crippen LogP contribution in [-0.2, 0) is 14.3 Å². The molecule has 0 aliphatic carbocycles. The van der Waals surface area contributed by atoms with Gasteiger partial charge in [-0.25, -0.2) is 4.79 Å². The highest BCUT2D eigenvalue weighted by Crippen LogP contribution is 2.25. The van der Waals surface area contributed by atoms with Crippen molar-refractivity contribution in [3.05, 3.63) is 30.3 Å². The highest BCUT2D eigenvalue weighted by molar-refractivity contribution is 6.15. The van der Waals surface area contributed by atoms with Crippen molar-refractivity contribution in [1.82, 2.24) is 9.80 Å². The molecule has 1 aromatic carbocycles. The summed E-state index contributed by atoms with van der Waals surface area (Å²) in [6.45, 7) is 3.41. The Kier molecular flexibility index (Phi) is 4.29. The molecule has 7 nitrogen and oxygen atoms in total. The lowest BCUT2D eigenvalue weighted by Gasteiger charge is -2.28. The molecule has 0 aromatic heterocycles. The van der Waals surface area contributed by atoms with E-state index in [0.717, 1.165) is 4.90 Å². The second kappa shape index (κ2) is 6.37. The van der Waals surface area contributed by atoms with Crippen LogP contribution in [0.3, 0.4) is 0 Å². The summed E-state index contributed by atoms with van der Waals surface area (Å²) >= 11 is 0. The van der Waals surface area contributed by atoms with Gasteiger partial charge in [0.25, 0.3) is 5.91 Å². The summed E-state index contributed by atoms with van der Waals surface area (Å²) in [7, 11) is 0. The largest absolute Gasteiger partial charge is 0.378 e. The van der Waals surface area contributed by atoms with Crippen molar-refractivity contribution < 1.29 is 19.1 Å². The van der Waals surface area contributed by atoms with E-state index in [1.165, 1.54) is 4.90 Å². The van der Waals surface area contributed by atoms with E-state index in [0.29, 0.717) is 32.0 Å². The summed E-state index contributed by atoms with van der Waals surface area (Å²) in [5.74, 6) is -0.572. The summed E-state index contributed by atoms with van der Waals surface area (Å²) in [6, 6.07) is 7.95. The van der Waals surface area contributed by atoms with Crippen LogP contribution < -0.4 is 4.90 Å². The second-order valence-corrected chi connectivity index (χ2v) is 5.58. The van der Waals surface area contributed by atoms with Crippen molar-refractivity contribution >= 4 is 23.5 Å². The highest BCUT2D eigenvalue weighted by atomic mass is 16.5. The Balaban J connectivity index is 1.74. The highest BCUT2D eigenvalue weighted by Gasteiger charge is 2.44. The molecule has 2 aliphatic heterocycles. The molecule has 0 unspecified atom stereocenters. The number of nitrogens with zero attached hydrogens (tertiary/aromatic N) is 3. The zero-order valence-corrected chi connectivity index (χ0v) is 13.0. The van der Waals surface area contributed by atoms with E-state index in [2.05, 4.69) is 0 Å². The number of amides is 4. The van der Waals surface area contributed by atoms with Gasteiger partial charge in [0.1, 0.15) is 12.6 Å². The number of hydrogen-bond acceptors (Lipinski definition) is 4. The number of rotatable bonds is 3. The van der Waals surface area contributed by atoms with E-state index in [1.807, 2.05) is 6.07 Å². The summed E-state index contributed by atoms with van der Waals surface area (Å²) in [5.41, 5.74) is 0.652. The number of ether oxygens (including phenoxy) is 1. The van der Waals surface area contributed by atoms with Gasteiger partial charge in [-0.3, -0.25) is 19.4 Å². The van der Waals surface area contributed by atoms with Crippen molar-refractivity contribution in [1.29, 1.82) is 0 Å². The molecule has 4 amide bonds. The maximum atomic E-state index is 12.6. The average molecular weight is 317 g/mol. The van der Waals surface area contributed by atoms with E-state index in [9.17, 15) is 14.4 Å². The molecular weight excluding hydrogens is 298 g/mol. The maximum absolute atomic E-state index is 12.6. The van der Waals surface area contributed by atoms with E-state index in [-0.39, 0.29) is 18.4 Å². The van der Waals surface area contributed by atoms with Gasteiger partial charge in [-0.15, -0.1) is 0 Å². The van der Waals surface area contributed by atoms with Crippen LogP contribution in [0.25, 0.3) is 0 Å². The Labute approximate surface area is 134 Å². The molecule has 2 fully saturated rings. The van der Waals surface area contributed by atoms with Crippen LogP contribution in [0.4, 0.5) is 10.5 Å². The molecular formula is C16H19N3O4. The summed E-state index contributed by atoms with van der Waals surface area (Å²) in [5, 5.41) is 0. The third-order valence-electron chi connectivity index (χ3n) is 4.14. The Morgan fingerprint density at radius 3 is 2.48 bits per heavy atom. The van der Waals surface area contributed by atoms with Gasteiger partial charge >= 0.3 is 6.03 Å². The number of benzene rings is 1. The van der Waals surface area contributed by atoms with Gasteiger partial charge in [0.2, 0.25) is 5.91 Å². The van der Waals surface area contributed by atoms with Crippen molar-refractivity contribution in [3.63, 3.8) is 0 Å². The lowest BCUT2D eigenvalue weighted by Crippen LogP contribution is -2.47. The van der Waals surface area contributed by atoms with Crippen LogP contribution in [0.15, 0.2) is 30.3 Å². The van der Waals surface area contributed by atoms with Crippen LogP contribution >= 0.6 is 0 Å². The number of carbonyl (C=O) groups excluding carboxylic acids is 3. The monoisotopic (exact) mass is 317 g/mol. The molecule has 0 bridgehead atoms. The lowest BCUT2D eigenvalue weighted by atomic mass is 10.2. The maximum Gasteiger partial charge on any atom is 0.332 e. The molecule has 3 rings (SSSR count). The Bertz CT molecular complexity index is 613. The number of hydrogen-bond donors (Lipinski definition) is 0. The van der Waals surface area contributed by atoms with Crippen molar-refractivity contribution in [2.45, 2.75) is 13.0 Å². The number of carbonyl (C=O) groups is 3. The first kappa shape index (κ1) is 15.5. The van der Waals surface area contributed by atoms with Crippen molar-refractivity contribution in [2.24, 2.45) is 0 Å². The van der Waals surface area contributed by atoms with Gasteiger partial charge in [-0.2, -0.15) is 0 Å². The number of morpholine rings is 1. The number of para-hydroxylation sites is 1. The normalized spacial score (nSPS) is 22.0. The van der Waals surface area contributed by atoms with Gasteiger partial charge in [-0.1, -0.05) is 18.2 Å². The zero-order chi connectivity index (χ0) is 16.4. The van der Waals surface area contributed by atoms with Crippen LogP contribution in [0.2, 0.25) is 0 Å². The number of imide groups is 1. The van der Waals surface area contributed by atoms with Gasteiger partial charge < -0.3 is 9.64 Å². The standard InChI is InChI=1S/C16H19N3O4/c1-12-15(21)18(11-14(20)17-7-9-23-10-8-17)16(22)19(12)13-5-3-2-4-6-13/h2-6,12H,7-11H2,1H3/t12-/m1/s1. The molecule has 0 spiro atoms. The summed E-state index contributed by atoms with van der Waals surface area (Å²) < 4.78 is 5.20. The topological polar surface area (TPSA) is 70.2 Å². The Hall–Kier alpha value is -2.41. The second-order valence-electron chi connectivity index (χ2n) is 5.58. The predicted octanol–water partition coefficient (Wildman–Crippen LogP) is 0.702. The SMILES string of the molecule is C[C@@H]1C(=O)N(CC(=O)N2CCOCC2)C(=O)N1c1ccccc1. The average Bonchev–Trinajstić information content (AvgIpc) is 2.80. The molecule has 0 radical (unpaired) electrons. The molecule has 1 aromatic rings. The summed E-state index contributed by atoms with van der Waals surface area (Å²) in [4.78, 5) is 41.4. The predicted molar refractivity (Wildman–Crippen MR) is 82.9 cm³/mol. The molecule has 23 heavy (non-hydrogen) atoms. The van der Waals surface area contributed by atoms with E-state index < -0.39 is 12.1 Å². The van der Waals surface area contributed by atoms with Gasteiger partial charge in [0.05, 0.1) is 13.2 Å². The molecule has 7 heteroatoms. The van der Waals surface area contributed by atoms with E-state index in [4.69, 9.17) is 4.74 Å².